The van der Waals surface area contributed by atoms with Gasteiger partial charge < -0.3 is 5.32 Å². The number of nitrogens with zero attached hydrogens (tertiary/aromatic N) is 1. The Morgan fingerprint density at radius 1 is 1.50 bits per heavy atom. The highest BCUT2D eigenvalue weighted by molar-refractivity contribution is 7.89. The van der Waals surface area contributed by atoms with Gasteiger partial charge in [-0.15, -0.1) is 0 Å². The molecule has 5 nitrogen and oxygen atoms in total. The highest BCUT2D eigenvalue weighted by Gasteiger charge is 2.17. The van der Waals surface area contributed by atoms with Gasteiger partial charge in [0.25, 0.3) is 0 Å². The van der Waals surface area contributed by atoms with E-state index in [0.29, 0.717) is 12.6 Å². The molecule has 1 aliphatic heterocycles. The van der Waals surface area contributed by atoms with Crippen LogP contribution in [0, 0.1) is 5.82 Å². The third-order valence-electron chi connectivity index (χ3n) is 2.94. The van der Waals surface area contributed by atoms with E-state index < -0.39 is 15.8 Å². The molecule has 0 radical (unpaired) electrons. The number of sulfonamides is 1. The first-order chi connectivity index (χ1) is 8.58. The van der Waals surface area contributed by atoms with E-state index in [0.717, 1.165) is 44.3 Å². The molecule has 1 aromatic rings. The summed E-state index contributed by atoms with van der Waals surface area (Å²) >= 11 is 0. The number of hydrogen-bond donors (Lipinski definition) is 2. The molecule has 18 heavy (non-hydrogen) atoms. The number of halogens is 1. The van der Waals surface area contributed by atoms with Crippen LogP contribution < -0.4 is 10.0 Å². The predicted octanol–water partition coefficient (Wildman–Crippen LogP) is 0.641. The van der Waals surface area contributed by atoms with Crippen LogP contribution in [0.1, 0.15) is 19.3 Å². The summed E-state index contributed by atoms with van der Waals surface area (Å²) in [6.45, 7) is 1.34. The largest absolute Gasteiger partial charge is 0.314 e. The van der Waals surface area contributed by atoms with E-state index in [4.69, 9.17) is 0 Å². The highest BCUT2D eigenvalue weighted by atomic mass is 32.2. The highest BCUT2D eigenvalue weighted by Crippen LogP contribution is 2.10. The SMILES string of the molecule is O=S(=O)(NCCC1CCCN1)c1cncc(F)c1. The number of rotatable bonds is 5. The van der Waals surface area contributed by atoms with E-state index in [1.165, 1.54) is 0 Å². The van der Waals surface area contributed by atoms with Gasteiger partial charge in [-0.3, -0.25) is 4.98 Å². The van der Waals surface area contributed by atoms with Crippen LogP contribution in [-0.4, -0.2) is 32.5 Å². The predicted molar refractivity (Wildman–Crippen MR) is 65.0 cm³/mol. The smallest absolute Gasteiger partial charge is 0.242 e. The van der Waals surface area contributed by atoms with Crippen molar-refractivity contribution >= 4 is 10.0 Å². The van der Waals surface area contributed by atoms with Crippen LogP contribution in [0.3, 0.4) is 0 Å². The summed E-state index contributed by atoms with van der Waals surface area (Å²) in [7, 11) is -3.65. The Balaban J connectivity index is 1.90. The molecule has 0 spiro atoms. The van der Waals surface area contributed by atoms with Gasteiger partial charge in [0.05, 0.1) is 6.20 Å². The summed E-state index contributed by atoms with van der Waals surface area (Å²) in [4.78, 5) is 3.39. The lowest BCUT2D eigenvalue weighted by Gasteiger charge is -2.11. The van der Waals surface area contributed by atoms with E-state index in [-0.39, 0.29) is 4.90 Å². The Labute approximate surface area is 106 Å². The second-order valence-corrected chi connectivity index (χ2v) is 6.09. The summed E-state index contributed by atoms with van der Waals surface area (Å²) in [5.74, 6) is -0.657. The van der Waals surface area contributed by atoms with Gasteiger partial charge in [-0.25, -0.2) is 17.5 Å². The quantitative estimate of drug-likeness (QED) is 0.826. The van der Waals surface area contributed by atoms with Crippen molar-refractivity contribution in [2.45, 2.75) is 30.2 Å². The normalized spacial score (nSPS) is 20.2. The van der Waals surface area contributed by atoms with Crippen LogP contribution >= 0.6 is 0 Å². The van der Waals surface area contributed by atoms with Crippen LogP contribution in [0.15, 0.2) is 23.4 Å². The van der Waals surface area contributed by atoms with Gasteiger partial charge in [0.15, 0.2) is 0 Å². The fourth-order valence-corrected chi connectivity index (χ4v) is 3.01. The van der Waals surface area contributed by atoms with Crippen molar-refractivity contribution in [3.8, 4) is 0 Å². The molecule has 1 unspecified atom stereocenters. The third kappa shape index (κ3) is 3.47. The molecule has 1 saturated heterocycles. The van der Waals surface area contributed by atoms with Crippen molar-refractivity contribution in [1.29, 1.82) is 0 Å². The molecule has 1 fully saturated rings. The van der Waals surface area contributed by atoms with Crippen LogP contribution in [-0.2, 0) is 10.0 Å². The number of nitrogens with one attached hydrogen (secondary N) is 2. The van der Waals surface area contributed by atoms with Crippen LogP contribution in [0.4, 0.5) is 4.39 Å². The van der Waals surface area contributed by atoms with Gasteiger partial charge in [-0.2, -0.15) is 0 Å². The molecule has 1 aliphatic rings. The lowest BCUT2D eigenvalue weighted by atomic mass is 10.2. The molecular formula is C11H16FN3O2S. The zero-order chi connectivity index (χ0) is 13.0. The maximum Gasteiger partial charge on any atom is 0.242 e. The maximum atomic E-state index is 12.9. The van der Waals surface area contributed by atoms with Crippen LogP contribution in [0.25, 0.3) is 0 Å². The topological polar surface area (TPSA) is 71.1 Å². The van der Waals surface area contributed by atoms with E-state index in [2.05, 4.69) is 15.0 Å². The Kier molecular flexibility index (Phi) is 4.26. The third-order valence-corrected chi connectivity index (χ3v) is 4.37. The summed E-state index contributed by atoms with van der Waals surface area (Å²) in [6.07, 6.45) is 5.05. The van der Waals surface area contributed by atoms with E-state index >= 15 is 0 Å². The molecule has 0 saturated carbocycles. The average molecular weight is 273 g/mol. The summed E-state index contributed by atoms with van der Waals surface area (Å²) in [6, 6.07) is 1.33. The summed E-state index contributed by atoms with van der Waals surface area (Å²) in [5, 5.41) is 3.28. The molecule has 100 valence electrons. The average Bonchev–Trinajstić information content (AvgIpc) is 2.82. The van der Waals surface area contributed by atoms with Crippen molar-refractivity contribution in [2.75, 3.05) is 13.1 Å². The lowest BCUT2D eigenvalue weighted by Crippen LogP contribution is -2.30. The first-order valence-electron chi connectivity index (χ1n) is 5.91. The van der Waals surface area contributed by atoms with Crippen molar-refractivity contribution in [3.05, 3.63) is 24.3 Å². The van der Waals surface area contributed by atoms with Gasteiger partial charge >= 0.3 is 0 Å². The molecule has 0 aromatic carbocycles. The van der Waals surface area contributed by atoms with Crippen molar-refractivity contribution in [2.24, 2.45) is 0 Å². The van der Waals surface area contributed by atoms with Crippen molar-refractivity contribution < 1.29 is 12.8 Å². The van der Waals surface area contributed by atoms with Gasteiger partial charge in [0.1, 0.15) is 10.7 Å². The first-order valence-corrected chi connectivity index (χ1v) is 7.40. The molecule has 0 amide bonds. The molecule has 2 rings (SSSR count). The van der Waals surface area contributed by atoms with Gasteiger partial charge in [0, 0.05) is 18.8 Å². The molecule has 2 heterocycles. The molecule has 1 atom stereocenters. The Hall–Kier alpha value is -1.05. The molecule has 7 heteroatoms. The number of hydrogen-bond acceptors (Lipinski definition) is 4. The maximum absolute atomic E-state index is 12.9. The molecule has 1 aromatic heterocycles. The minimum Gasteiger partial charge on any atom is -0.314 e. The van der Waals surface area contributed by atoms with Gasteiger partial charge in [-0.1, -0.05) is 0 Å². The molecule has 0 aliphatic carbocycles. The van der Waals surface area contributed by atoms with Crippen LogP contribution in [0.5, 0.6) is 0 Å². The van der Waals surface area contributed by atoms with Gasteiger partial charge in [0.2, 0.25) is 10.0 Å². The minimum absolute atomic E-state index is 0.137. The van der Waals surface area contributed by atoms with Crippen molar-refractivity contribution in [1.82, 2.24) is 15.0 Å². The van der Waals surface area contributed by atoms with E-state index in [9.17, 15) is 12.8 Å². The Bertz CT molecular complexity index is 501. The lowest BCUT2D eigenvalue weighted by molar-refractivity contribution is 0.538. The molecular weight excluding hydrogens is 257 g/mol. The number of aromatic nitrogens is 1. The fourth-order valence-electron chi connectivity index (χ4n) is 1.99. The second-order valence-electron chi connectivity index (χ2n) is 4.32. The van der Waals surface area contributed by atoms with Gasteiger partial charge in [-0.05, 0) is 31.9 Å². The van der Waals surface area contributed by atoms with Crippen molar-refractivity contribution in [3.63, 3.8) is 0 Å². The minimum atomic E-state index is -3.65. The Morgan fingerprint density at radius 3 is 3.00 bits per heavy atom. The Morgan fingerprint density at radius 2 is 2.33 bits per heavy atom. The fraction of sp³-hybridized carbons (Fsp3) is 0.545. The second kappa shape index (κ2) is 5.73. The standard InChI is InChI=1S/C11H16FN3O2S/c12-9-6-11(8-13-7-9)18(16,17)15-5-3-10-2-1-4-14-10/h6-8,10,14-15H,1-5H2. The number of pyridine rings is 1. The first kappa shape index (κ1) is 13.4. The van der Waals surface area contributed by atoms with Crippen LogP contribution in [0.2, 0.25) is 0 Å². The zero-order valence-corrected chi connectivity index (χ0v) is 10.7. The summed E-state index contributed by atoms with van der Waals surface area (Å²) in [5.41, 5.74) is 0. The van der Waals surface area contributed by atoms with E-state index in [1.54, 1.807) is 0 Å². The zero-order valence-electron chi connectivity index (χ0n) is 9.89. The summed E-state index contributed by atoms with van der Waals surface area (Å²) < 4.78 is 39.0. The molecule has 0 bridgehead atoms. The monoisotopic (exact) mass is 273 g/mol. The molecule has 2 N–H and O–H groups in total. The van der Waals surface area contributed by atoms with E-state index in [1.807, 2.05) is 0 Å².